The van der Waals surface area contributed by atoms with E-state index >= 15 is 0 Å². The van der Waals surface area contributed by atoms with Crippen LogP contribution in [0.1, 0.15) is 6.42 Å². The summed E-state index contributed by atoms with van der Waals surface area (Å²) in [6.45, 7) is 0. The summed E-state index contributed by atoms with van der Waals surface area (Å²) in [7, 11) is 0. The van der Waals surface area contributed by atoms with E-state index in [1.54, 1.807) is 0 Å². The lowest BCUT2D eigenvalue weighted by Gasteiger charge is -2.24. The normalized spacial score (nSPS) is 63.0. The zero-order chi connectivity index (χ0) is 9.38. The smallest absolute Gasteiger partial charge is 0.338 e. The Balaban J connectivity index is 1.82. The van der Waals surface area contributed by atoms with E-state index in [2.05, 4.69) is 0 Å². The first kappa shape index (κ1) is 7.73. The highest BCUT2D eigenvalue weighted by Gasteiger charge is 2.82. The first-order valence-electron chi connectivity index (χ1n) is 4.36. The van der Waals surface area contributed by atoms with Gasteiger partial charge in [-0.15, -0.1) is 0 Å². The number of carbonyl (C=O) groups is 1. The second kappa shape index (κ2) is 1.89. The Morgan fingerprint density at radius 2 is 2.00 bits per heavy atom. The van der Waals surface area contributed by atoms with Crippen LogP contribution in [0, 0.1) is 11.8 Å². The minimum atomic E-state index is -1.49. The quantitative estimate of drug-likeness (QED) is 0.413. The molecule has 5 atom stereocenters. The van der Waals surface area contributed by atoms with Gasteiger partial charge in [-0.1, -0.05) is 0 Å². The lowest BCUT2D eigenvalue weighted by atomic mass is 9.96. The number of aliphatic hydroxyl groups is 3. The molecule has 2 saturated carbocycles. The Hall–Kier alpha value is -0.650. The molecule has 13 heavy (non-hydrogen) atoms. The van der Waals surface area contributed by atoms with Gasteiger partial charge in [-0.05, 0) is 18.3 Å². The molecule has 5 heteroatoms. The number of esters is 1. The molecular formula is C8H10O5. The van der Waals surface area contributed by atoms with Crippen molar-refractivity contribution in [1.82, 2.24) is 0 Å². The van der Waals surface area contributed by atoms with Crippen LogP contribution in [-0.4, -0.2) is 45.2 Å². The predicted octanol–water partition coefficient (Wildman–Crippen LogP) is -1.99. The van der Waals surface area contributed by atoms with Gasteiger partial charge in [-0.25, -0.2) is 4.79 Å². The zero-order valence-corrected chi connectivity index (χ0v) is 6.75. The minimum Gasteiger partial charge on any atom is -0.454 e. The lowest BCUT2D eigenvalue weighted by molar-refractivity contribution is -0.154. The Labute approximate surface area is 73.9 Å². The summed E-state index contributed by atoms with van der Waals surface area (Å²) in [6, 6.07) is 0. The van der Waals surface area contributed by atoms with Gasteiger partial charge in [0.15, 0.2) is 12.2 Å². The van der Waals surface area contributed by atoms with Gasteiger partial charge in [-0.2, -0.15) is 0 Å². The molecule has 5 nitrogen and oxygen atoms in total. The van der Waals surface area contributed by atoms with Crippen LogP contribution in [0.5, 0.6) is 0 Å². The van der Waals surface area contributed by atoms with Crippen molar-refractivity contribution in [2.24, 2.45) is 11.8 Å². The molecule has 0 radical (unpaired) electrons. The Morgan fingerprint density at radius 1 is 1.38 bits per heavy atom. The third-order valence-corrected chi connectivity index (χ3v) is 3.44. The predicted molar refractivity (Wildman–Crippen MR) is 38.4 cm³/mol. The van der Waals surface area contributed by atoms with E-state index < -0.39 is 29.9 Å². The maximum atomic E-state index is 10.8. The molecule has 0 bridgehead atoms. The van der Waals surface area contributed by atoms with Crippen molar-refractivity contribution >= 4 is 5.97 Å². The number of rotatable bonds is 1. The van der Waals surface area contributed by atoms with Crippen molar-refractivity contribution < 1.29 is 24.9 Å². The van der Waals surface area contributed by atoms with Crippen molar-refractivity contribution in [2.45, 2.75) is 30.3 Å². The number of carbonyl (C=O) groups excluding carboxylic acids is 1. The second-order valence-electron chi connectivity index (χ2n) is 4.13. The van der Waals surface area contributed by atoms with E-state index in [0.29, 0.717) is 0 Å². The topological polar surface area (TPSA) is 87.0 Å². The average molecular weight is 186 g/mol. The van der Waals surface area contributed by atoms with Crippen LogP contribution in [0.25, 0.3) is 0 Å². The van der Waals surface area contributed by atoms with E-state index in [1.807, 2.05) is 0 Å². The SMILES string of the molecule is O=C1OC(C2(O)C3CC32)C(O)C1O. The number of aliphatic hydroxyl groups excluding tert-OH is 2. The van der Waals surface area contributed by atoms with E-state index in [1.165, 1.54) is 0 Å². The van der Waals surface area contributed by atoms with Crippen molar-refractivity contribution in [2.75, 3.05) is 0 Å². The molecule has 0 aromatic heterocycles. The van der Waals surface area contributed by atoms with Crippen LogP contribution < -0.4 is 0 Å². The van der Waals surface area contributed by atoms with Crippen molar-refractivity contribution in [3.05, 3.63) is 0 Å². The van der Waals surface area contributed by atoms with Gasteiger partial charge in [0.2, 0.25) is 0 Å². The van der Waals surface area contributed by atoms with Gasteiger partial charge in [0.25, 0.3) is 0 Å². The standard InChI is InChI=1S/C8H10O5/c9-4-5(10)7(11)13-6(4)8(12)2-1-3(2)8/h2-6,9-10,12H,1H2. The van der Waals surface area contributed by atoms with Crippen LogP contribution >= 0.6 is 0 Å². The van der Waals surface area contributed by atoms with Crippen molar-refractivity contribution in [3.63, 3.8) is 0 Å². The highest BCUT2D eigenvalue weighted by atomic mass is 16.6. The number of cyclic esters (lactones) is 1. The Morgan fingerprint density at radius 3 is 2.31 bits per heavy atom. The lowest BCUT2D eigenvalue weighted by Crippen LogP contribution is -2.44. The molecular weight excluding hydrogens is 176 g/mol. The van der Waals surface area contributed by atoms with E-state index in [-0.39, 0.29) is 11.8 Å². The third-order valence-electron chi connectivity index (χ3n) is 3.44. The van der Waals surface area contributed by atoms with Gasteiger partial charge in [0, 0.05) is 0 Å². The number of ether oxygens (including phenoxy) is 1. The molecule has 3 N–H and O–H groups in total. The molecule has 72 valence electrons. The van der Waals surface area contributed by atoms with Crippen LogP contribution in [0.3, 0.4) is 0 Å². The van der Waals surface area contributed by atoms with Gasteiger partial charge in [-0.3, -0.25) is 0 Å². The fraction of sp³-hybridized carbons (Fsp3) is 0.875. The zero-order valence-electron chi connectivity index (χ0n) is 6.75. The van der Waals surface area contributed by atoms with Crippen molar-refractivity contribution in [1.29, 1.82) is 0 Å². The van der Waals surface area contributed by atoms with Gasteiger partial charge < -0.3 is 20.1 Å². The fourth-order valence-electron chi connectivity index (χ4n) is 2.32. The summed E-state index contributed by atoms with van der Waals surface area (Å²) in [5, 5.41) is 28.3. The molecule has 1 heterocycles. The Bertz CT molecular complexity index is 280. The van der Waals surface area contributed by atoms with E-state index in [4.69, 9.17) is 9.84 Å². The largest absolute Gasteiger partial charge is 0.454 e. The summed E-state index contributed by atoms with van der Waals surface area (Å²) >= 11 is 0. The first-order chi connectivity index (χ1) is 6.06. The van der Waals surface area contributed by atoms with Crippen molar-refractivity contribution in [3.8, 4) is 0 Å². The van der Waals surface area contributed by atoms with Crippen LogP contribution in [-0.2, 0) is 9.53 Å². The fourth-order valence-corrected chi connectivity index (χ4v) is 2.32. The summed E-state index contributed by atoms with van der Waals surface area (Å²) < 4.78 is 4.72. The molecule has 3 rings (SSSR count). The van der Waals surface area contributed by atoms with Crippen LogP contribution in [0.2, 0.25) is 0 Å². The summed E-state index contributed by atoms with van der Waals surface area (Å²) in [6.07, 6.45) is -2.74. The molecule has 5 unspecified atom stereocenters. The minimum absolute atomic E-state index is 0.172. The summed E-state index contributed by atoms with van der Waals surface area (Å²) in [5.74, 6) is -0.493. The Kier molecular flexibility index (Phi) is 1.12. The molecule has 1 aliphatic heterocycles. The number of fused-ring (bicyclic) bond motifs is 1. The van der Waals surface area contributed by atoms with Gasteiger partial charge in [0.05, 0.1) is 0 Å². The van der Waals surface area contributed by atoms with E-state index in [0.717, 1.165) is 6.42 Å². The summed E-state index contributed by atoms with van der Waals surface area (Å²) in [5.41, 5.74) is -1.04. The average Bonchev–Trinajstić information content (AvgIpc) is 2.96. The molecule has 0 aromatic carbocycles. The highest BCUT2D eigenvalue weighted by molar-refractivity contribution is 5.78. The highest BCUT2D eigenvalue weighted by Crippen LogP contribution is 2.73. The van der Waals surface area contributed by atoms with Crippen LogP contribution in [0.4, 0.5) is 0 Å². The molecule has 2 aliphatic carbocycles. The first-order valence-corrected chi connectivity index (χ1v) is 4.36. The van der Waals surface area contributed by atoms with E-state index in [9.17, 15) is 15.0 Å². The monoisotopic (exact) mass is 186 g/mol. The maximum absolute atomic E-state index is 10.8. The molecule has 0 aromatic rings. The number of hydrogen-bond acceptors (Lipinski definition) is 5. The number of hydrogen-bond donors (Lipinski definition) is 3. The maximum Gasteiger partial charge on any atom is 0.338 e. The molecule has 3 aliphatic rings. The molecule has 3 fully saturated rings. The molecule has 1 saturated heterocycles. The third kappa shape index (κ3) is 0.711. The van der Waals surface area contributed by atoms with Crippen LogP contribution in [0.15, 0.2) is 0 Å². The summed E-state index contributed by atoms with van der Waals surface area (Å²) in [4.78, 5) is 10.8. The van der Waals surface area contributed by atoms with Gasteiger partial charge >= 0.3 is 5.97 Å². The van der Waals surface area contributed by atoms with Gasteiger partial charge in [0.1, 0.15) is 11.7 Å². The molecule has 0 amide bonds. The molecule has 0 spiro atoms. The second-order valence-corrected chi connectivity index (χ2v) is 4.13.